The van der Waals surface area contributed by atoms with Gasteiger partial charge in [-0.3, -0.25) is 0 Å². The molecule has 0 bridgehead atoms. The van der Waals surface area contributed by atoms with E-state index in [9.17, 15) is 0 Å². The molecule has 3 atom stereocenters. The van der Waals surface area contributed by atoms with Gasteiger partial charge < -0.3 is 9.84 Å². The van der Waals surface area contributed by atoms with E-state index in [-0.39, 0.29) is 18.3 Å². The first-order valence-electron chi connectivity index (χ1n) is 3.13. The van der Waals surface area contributed by atoms with Gasteiger partial charge in [-0.1, -0.05) is 0 Å². The quantitative estimate of drug-likeness (QED) is 0.560. The van der Waals surface area contributed by atoms with Crippen LogP contribution in [0, 0.1) is 0 Å². The van der Waals surface area contributed by atoms with Gasteiger partial charge in [0, 0.05) is 6.42 Å². The molecule has 54 valence electrons. The Kier molecular flexibility index (Phi) is 2.33. The Labute approximate surface area is 59.8 Å². The van der Waals surface area contributed by atoms with Crippen molar-refractivity contribution in [2.45, 2.75) is 31.7 Å². The van der Waals surface area contributed by atoms with Crippen molar-refractivity contribution in [2.24, 2.45) is 0 Å². The zero-order valence-electron chi connectivity index (χ0n) is 5.38. The third-order valence-electron chi connectivity index (χ3n) is 1.56. The molecule has 0 amide bonds. The van der Waals surface area contributed by atoms with Crippen LogP contribution in [0.15, 0.2) is 0 Å². The predicted octanol–water partition coefficient (Wildman–Crippen LogP) is 0.763. The van der Waals surface area contributed by atoms with Gasteiger partial charge in [0.15, 0.2) is 0 Å². The lowest BCUT2D eigenvalue weighted by Gasteiger charge is -2.08. The Balaban J connectivity index is 2.38. The Bertz CT molecular complexity index is 97.1. The Morgan fingerprint density at radius 3 is 2.67 bits per heavy atom. The third kappa shape index (κ3) is 1.57. The molecule has 0 aromatic heterocycles. The average Bonchev–Trinajstić information content (AvgIpc) is 2.10. The smallest absolute Gasteiger partial charge is 0.0973 e. The summed E-state index contributed by atoms with van der Waals surface area (Å²) in [5.41, 5.74) is 0. The molecule has 1 rings (SSSR count). The third-order valence-corrected chi connectivity index (χ3v) is 1.87. The van der Waals surface area contributed by atoms with E-state index < -0.39 is 0 Å². The average molecular weight is 151 g/mol. The van der Waals surface area contributed by atoms with E-state index >= 15 is 0 Å². The number of hydrogen-bond acceptors (Lipinski definition) is 2. The molecule has 1 heterocycles. The maximum absolute atomic E-state index is 9.15. The minimum absolute atomic E-state index is 0.137. The highest BCUT2D eigenvalue weighted by Gasteiger charge is 2.30. The van der Waals surface area contributed by atoms with Gasteiger partial charge in [0.2, 0.25) is 0 Å². The van der Waals surface area contributed by atoms with Gasteiger partial charge in [-0.15, -0.1) is 11.6 Å². The minimum atomic E-state index is -0.350. The standard InChI is InChI=1S/C6H11ClO2/c1-4-2-5(8)6(3-7)9-4/h4-6,8H,2-3H2,1H3/t4-,5+,6?/m0/s1. The van der Waals surface area contributed by atoms with Crippen LogP contribution in [-0.2, 0) is 4.74 Å². The Hall–Kier alpha value is 0.210. The highest BCUT2D eigenvalue weighted by atomic mass is 35.5. The molecule has 1 aliphatic heterocycles. The molecule has 1 N–H and O–H groups in total. The van der Waals surface area contributed by atoms with E-state index in [0.29, 0.717) is 5.88 Å². The van der Waals surface area contributed by atoms with Crippen molar-refractivity contribution in [3.8, 4) is 0 Å². The monoisotopic (exact) mass is 150 g/mol. The lowest BCUT2D eigenvalue weighted by atomic mass is 10.2. The second kappa shape index (κ2) is 2.86. The molecular formula is C6H11ClO2. The Morgan fingerprint density at radius 2 is 2.44 bits per heavy atom. The normalized spacial score (nSPS) is 43.7. The molecule has 3 heteroatoms. The van der Waals surface area contributed by atoms with Gasteiger partial charge in [-0.2, -0.15) is 0 Å². The van der Waals surface area contributed by atoms with Crippen LogP contribution in [0.2, 0.25) is 0 Å². The fourth-order valence-electron chi connectivity index (χ4n) is 1.08. The van der Waals surface area contributed by atoms with Crippen molar-refractivity contribution < 1.29 is 9.84 Å². The Morgan fingerprint density at radius 1 is 1.78 bits per heavy atom. The lowest BCUT2D eigenvalue weighted by Crippen LogP contribution is -2.21. The fourth-order valence-corrected chi connectivity index (χ4v) is 1.35. The van der Waals surface area contributed by atoms with Crippen molar-refractivity contribution in [2.75, 3.05) is 5.88 Å². The molecule has 0 aliphatic carbocycles. The molecule has 0 radical (unpaired) electrons. The van der Waals surface area contributed by atoms with Crippen LogP contribution in [0.25, 0.3) is 0 Å². The highest BCUT2D eigenvalue weighted by molar-refractivity contribution is 6.18. The molecule has 0 spiro atoms. The summed E-state index contributed by atoms with van der Waals surface area (Å²) in [4.78, 5) is 0. The maximum atomic E-state index is 9.15. The van der Waals surface area contributed by atoms with E-state index in [0.717, 1.165) is 6.42 Å². The number of rotatable bonds is 1. The molecule has 1 aliphatic rings. The summed E-state index contributed by atoms with van der Waals surface area (Å²) in [6, 6.07) is 0. The molecule has 1 fully saturated rings. The van der Waals surface area contributed by atoms with E-state index in [1.165, 1.54) is 0 Å². The number of halogens is 1. The zero-order chi connectivity index (χ0) is 6.85. The van der Waals surface area contributed by atoms with E-state index in [4.69, 9.17) is 21.4 Å². The van der Waals surface area contributed by atoms with Crippen LogP contribution in [0.1, 0.15) is 13.3 Å². The molecule has 1 unspecified atom stereocenters. The number of aliphatic hydroxyl groups is 1. The largest absolute Gasteiger partial charge is 0.390 e. The number of alkyl halides is 1. The first-order valence-corrected chi connectivity index (χ1v) is 3.67. The van der Waals surface area contributed by atoms with Gasteiger partial charge in [0.25, 0.3) is 0 Å². The fraction of sp³-hybridized carbons (Fsp3) is 1.00. The molecule has 2 nitrogen and oxygen atoms in total. The van der Waals surface area contributed by atoms with Crippen LogP contribution in [0.3, 0.4) is 0 Å². The van der Waals surface area contributed by atoms with Gasteiger partial charge in [0.05, 0.1) is 24.2 Å². The summed E-state index contributed by atoms with van der Waals surface area (Å²) in [7, 11) is 0. The summed E-state index contributed by atoms with van der Waals surface area (Å²) in [5.74, 6) is 0.394. The molecule has 1 saturated heterocycles. The van der Waals surface area contributed by atoms with Gasteiger partial charge >= 0.3 is 0 Å². The summed E-state index contributed by atoms with van der Waals surface area (Å²) >= 11 is 5.48. The van der Waals surface area contributed by atoms with Crippen LogP contribution >= 0.6 is 11.6 Å². The first-order chi connectivity index (χ1) is 4.24. The SMILES string of the molecule is C[C@H]1C[C@@H](O)C(CCl)O1. The van der Waals surface area contributed by atoms with E-state index in [1.54, 1.807) is 0 Å². The number of aliphatic hydroxyl groups excluding tert-OH is 1. The minimum Gasteiger partial charge on any atom is -0.390 e. The van der Waals surface area contributed by atoms with Gasteiger partial charge in [-0.05, 0) is 6.92 Å². The number of ether oxygens (including phenoxy) is 1. The molecular weight excluding hydrogens is 140 g/mol. The summed E-state index contributed by atoms with van der Waals surface area (Å²) in [6.45, 7) is 1.94. The van der Waals surface area contributed by atoms with Crippen LogP contribution < -0.4 is 0 Å². The van der Waals surface area contributed by atoms with Crippen molar-refractivity contribution in [1.29, 1.82) is 0 Å². The summed E-state index contributed by atoms with van der Waals surface area (Å²) in [6.07, 6.45) is 0.403. The molecule has 0 aromatic carbocycles. The predicted molar refractivity (Wildman–Crippen MR) is 35.7 cm³/mol. The lowest BCUT2D eigenvalue weighted by molar-refractivity contribution is 0.0309. The van der Waals surface area contributed by atoms with Gasteiger partial charge in [0.1, 0.15) is 0 Å². The topological polar surface area (TPSA) is 29.5 Å². The molecule has 0 aromatic rings. The van der Waals surface area contributed by atoms with Gasteiger partial charge in [-0.25, -0.2) is 0 Å². The first kappa shape index (κ1) is 7.32. The number of hydrogen-bond donors (Lipinski definition) is 1. The van der Waals surface area contributed by atoms with Crippen molar-refractivity contribution in [3.05, 3.63) is 0 Å². The zero-order valence-corrected chi connectivity index (χ0v) is 6.14. The van der Waals surface area contributed by atoms with Crippen molar-refractivity contribution >= 4 is 11.6 Å². The maximum Gasteiger partial charge on any atom is 0.0973 e. The van der Waals surface area contributed by atoms with E-state index in [2.05, 4.69) is 0 Å². The second-order valence-corrected chi connectivity index (χ2v) is 2.75. The molecule has 9 heavy (non-hydrogen) atoms. The summed E-state index contributed by atoms with van der Waals surface area (Å²) < 4.78 is 5.24. The van der Waals surface area contributed by atoms with Crippen LogP contribution in [0.5, 0.6) is 0 Å². The van der Waals surface area contributed by atoms with E-state index in [1.807, 2.05) is 6.92 Å². The highest BCUT2D eigenvalue weighted by Crippen LogP contribution is 2.20. The van der Waals surface area contributed by atoms with Crippen LogP contribution in [-0.4, -0.2) is 29.3 Å². The van der Waals surface area contributed by atoms with Crippen molar-refractivity contribution in [1.82, 2.24) is 0 Å². The summed E-state index contributed by atoms with van der Waals surface area (Å²) in [5, 5.41) is 9.15. The molecule has 0 saturated carbocycles. The second-order valence-electron chi connectivity index (χ2n) is 2.44. The van der Waals surface area contributed by atoms with Crippen molar-refractivity contribution in [3.63, 3.8) is 0 Å². The van der Waals surface area contributed by atoms with Crippen LogP contribution in [0.4, 0.5) is 0 Å².